The summed E-state index contributed by atoms with van der Waals surface area (Å²) in [5, 5.41) is 4.85. The fraction of sp³-hybridized carbons (Fsp3) is 0.364. The van der Waals surface area contributed by atoms with Crippen LogP contribution in [-0.2, 0) is 4.79 Å². The molecule has 0 radical (unpaired) electrons. The second-order valence-corrected chi connectivity index (χ2v) is 5.07. The standard InChI is InChI=1S/C11H15NOS/c1-11(2,3)12-10(13)7-6-9-5-4-8-14-9/h4-8H,1-3H3,(H,12,13). The summed E-state index contributed by atoms with van der Waals surface area (Å²) in [5.41, 5.74) is -0.170. The van der Waals surface area contributed by atoms with E-state index in [2.05, 4.69) is 5.32 Å². The van der Waals surface area contributed by atoms with Gasteiger partial charge in [0.2, 0.25) is 5.91 Å². The normalized spacial score (nSPS) is 11.9. The van der Waals surface area contributed by atoms with E-state index in [1.165, 1.54) is 0 Å². The summed E-state index contributed by atoms with van der Waals surface area (Å²) < 4.78 is 0. The Morgan fingerprint density at radius 2 is 2.21 bits per heavy atom. The van der Waals surface area contributed by atoms with Gasteiger partial charge in [0.05, 0.1) is 0 Å². The maximum atomic E-state index is 11.4. The van der Waals surface area contributed by atoms with Gasteiger partial charge in [-0.25, -0.2) is 0 Å². The SMILES string of the molecule is CC(C)(C)NC(=O)C=Cc1cccs1. The molecule has 0 unspecified atom stereocenters. The maximum absolute atomic E-state index is 11.4. The minimum atomic E-state index is -0.170. The van der Waals surface area contributed by atoms with E-state index < -0.39 is 0 Å². The van der Waals surface area contributed by atoms with E-state index in [-0.39, 0.29) is 11.4 Å². The molecular weight excluding hydrogens is 194 g/mol. The molecule has 1 heterocycles. The summed E-state index contributed by atoms with van der Waals surface area (Å²) in [6.45, 7) is 5.89. The summed E-state index contributed by atoms with van der Waals surface area (Å²) in [6, 6.07) is 3.94. The van der Waals surface area contributed by atoms with Crippen molar-refractivity contribution in [2.75, 3.05) is 0 Å². The Hall–Kier alpha value is -1.09. The summed E-state index contributed by atoms with van der Waals surface area (Å²) in [4.78, 5) is 12.5. The molecular formula is C11H15NOS. The zero-order valence-corrected chi connectivity index (χ0v) is 9.52. The molecule has 0 aliphatic heterocycles. The van der Waals surface area contributed by atoms with Gasteiger partial charge < -0.3 is 5.32 Å². The van der Waals surface area contributed by atoms with Gasteiger partial charge in [-0.1, -0.05) is 6.07 Å². The van der Waals surface area contributed by atoms with Crippen LogP contribution in [-0.4, -0.2) is 11.4 Å². The van der Waals surface area contributed by atoms with Gasteiger partial charge in [0.25, 0.3) is 0 Å². The third-order valence-corrected chi connectivity index (χ3v) is 2.28. The number of amides is 1. The molecule has 0 aliphatic rings. The molecule has 0 fully saturated rings. The van der Waals surface area contributed by atoms with Crippen LogP contribution in [0.3, 0.4) is 0 Å². The molecule has 1 amide bonds. The lowest BCUT2D eigenvalue weighted by molar-refractivity contribution is -0.117. The Morgan fingerprint density at radius 3 is 2.71 bits per heavy atom. The number of carbonyl (C=O) groups is 1. The van der Waals surface area contributed by atoms with Crippen LogP contribution in [0.25, 0.3) is 6.08 Å². The highest BCUT2D eigenvalue weighted by molar-refractivity contribution is 7.10. The van der Waals surface area contributed by atoms with Crippen molar-refractivity contribution in [3.63, 3.8) is 0 Å². The van der Waals surface area contributed by atoms with Crippen LogP contribution in [0.5, 0.6) is 0 Å². The van der Waals surface area contributed by atoms with Gasteiger partial charge in [-0.3, -0.25) is 4.79 Å². The van der Waals surface area contributed by atoms with Crippen LogP contribution in [0.2, 0.25) is 0 Å². The molecule has 0 atom stereocenters. The van der Waals surface area contributed by atoms with Crippen molar-refractivity contribution < 1.29 is 4.79 Å². The highest BCUT2D eigenvalue weighted by Crippen LogP contribution is 2.10. The van der Waals surface area contributed by atoms with E-state index in [1.54, 1.807) is 17.4 Å². The Morgan fingerprint density at radius 1 is 1.50 bits per heavy atom. The average molecular weight is 209 g/mol. The van der Waals surface area contributed by atoms with Gasteiger partial charge >= 0.3 is 0 Å². The lowest BCUT2D eigenvalue weighted by Gasteiger charge is -2.18. The monoisotopic (exact) mass is 209 g/mol. The van der Waals surface area contributed by atoms with Crippen molar-refractivity contribution in [2.45, 2.75) is 26.3 Å². The molecule has 1 rings (SSSR count). The minimum Gasteiger partial charge on any atom is -0.348 e. The fourth-order valence-corrected chi connectivity index (χ4v) is 1.57. The number of hydrogen-bond donors (Lipinski definition) is 1. The molecule has 1 aromatic rings. The molecule has 1 aromatic heterocycles. The van der Waals surface area contributed by atoms with Gasteiger partial charge in [0.15, 0.2) is 0 Å². The Balaban J connectivity index is 2.49. The van der Waals surface area contributed by atoms with Gasteiger partial charge in [-0.05, 0) is 38.3 Å². The molecule has 0 aromatic carbocycles. The van der Waals surface area contributed by atoms with Crippen molar-refractivity contribution >= 4 is 23.3 Å². The molecule has 0 aliphatic carbocycles. The van der Waals surface area contributed by atoms with Crippen LogP contribution < -0.4 is 5.32 Å². The smallest absolute Gasteiger partial charge is 0.244 e. The van der Waals surface area contributed by atoms with Crippen LogP contribution in [0.15, 0.2) is 23.6 Å². The summed E-state index contributed by atoms with van der Waals surface area (Å²) in [7, 11) is 0. The van der Waals surface area contributed by atoms with Crippen molar-refractivity contribution in [2.24, 2.45) is 0 Å². The maximum Gasteiger partial charge on any atom is 0.244 e. The third-order valence-electron chi connectivity index (χ3n) is 1.44. The number of thiophene rings is 1. The first kappa shape index (κ1) is 11.0. The van der Waals surface area contributed by atoms with E-state index >= 15 is 0 Å². The van der Waals surface area contributed by atoms with E-state index in [9.17, 15) is 4.79 Å². The molecule has 2 nitrogen and oxygen atoms in total. The highest BCUT2D eigenvalue weighted by Gasteiger charge is 2.10. The second kappa shape index (κ2) is 4.42. The quantitative estimate of drug-likeness (QED) is 0.745. The molecule has 14 heavy (non-hydrogen) atoms. The number of nitrogens with one attached hydrogen (secondary N) is 1. The van der Waals surface area contributed by atoms with Gasteiger partial charge in [0, 0.05) is 16.5 Å². The Labute approximate surface area is 88.6 Å². The Bertz CT molecular complexity index is 320. The summed E-state index contributed by atoms with van der Waals surface area (Å²) >= 11 is 1.62. The van der Waals surface area contributed by atoms with Crippen LogP contribution in [0, 0.1) is 0 Å². The highest BCUT2D eigenvalue weighted by atomic mass is 32.1. The van der Waals surface area contributed by atoms with Gasteiger partial charge in [-0.15, -0.1) is 11.3 Å². The van der Waals surface area contributed by atoms with E-state index in [0.29, 0.717) is 0 Å². The average Bonchev–Trinajstić information content (AvgIpc) is 2.49. The third kappa shape index (κ3) is 4.23. The van der Waals surface area contributed by atoms with Crippen LogP contribution in [0.1, 0.15) is 25.6 Å². The summed E-state index contributed by atoms with van der Waals surface area (Å²) in [6.07, 6.45) is 3.39. The Kier molecular flexibility index (Phi) is 3.47. The van der Waals surface area contributed by atoms with E-state index in [0.717, 1.165) is 4.88 Å². The predicted molar refractivity (Wildman–Crippen MR) is 61.2 cm³/mol. The van der Waals surface area contributed by atoms with Crippen molar-refractivity contribution in [1.82, 2.24) is 5.32 Å². The predicted octanol–water partition coefficient (Wildman–Crippen LogP) is 2.68. The first-order valence-corrected chi connectivity index (χ1v) is 5.39. The molecule has 76 valence electrons. The van der Waals surface area contributed by atoms with Crippen LogP contribution >= 0.6 is 11.3 Å². The second-order valence-electron chi connectivity index (χ2n) is 4.09. The van der Waals surface area contributed by atoms with Crippen molar-refractivity contribution in [3.05, 3.63) is 28.5 Å². The molecule has 0 saturated carbocycles. The lowest BCUT2D eigenvalue weighted by Crippen LogP contribution is -2.39. The van der Waals surface area contributed by atoms with Crippen molar-refractivity contribution in [1.29, 1.82) is 0 Å². The minimum absolute atomic E-state index is 0.0501. The molecule has 0 saturated heterocycles. The van der Waals surface area contributed by atoms with Gasteiger partial charge in [0.1, 0.15) is 0 Å². The topological polar surface area (TPSA) is 29.1 Å². The van der Waals surface area contributed by atoms with E-state index in [4.69, 9.17) is 0 Å². The fourth-order valence-electron chi connectivity index (χ4n) is 0.955. The molecule has 1 N–H and O–H groups in total. The molecule has 0 bridgehead atoms. The lowest BCUT2D eigenvalue weighted by atomic mass is 10.1. The molecule has 3 heteroatoms. The van der Waals surface area contributed by atoms with Crippen molar-refractivity contribution in [3.8, 4) is 0 Å². The van der Waals surface area contributed by atoms with Gasteiger partial charge in [-0.2, -0.15) is 0 Å². The summed E-state index contributed by atoms with van der Waals surface area (Å²) in [5.74, 6) is -0.0501. The number of carbonyl (C=O) groups excluding carboxylic acids is 1. The zero-order valence-electron chi connectivity index (χ0n) is 8.70. The molecule has 0 spiro atoms. The largest absolute Gasteiger partial charge is 0.348 e. The first-order valence-electron chi connectivity index (χ1n) is 4.51. The van der Waals surface area contributed by atoms with Crippen LogP contribution in [0.4, 0.5) is 0 Å². The number of hydrogen-bond acceptors (Lipinski definition) is 2. The number of rotatable bonds is 2. The van der Waals surface area contributed by atoms with E-state index in [1.807, 2.05) is 44.4 Å². The zero-order chi connectivity index (χ0) is 10.6. The first-order chi connectivity index (χ1) is 6.47.